The predicted molar refractivity (Wildman–Crippen MR) is 76.1 cm³/mol. The number of hydrogen-bond donors (Lipinski definition) is 1. The summed E-state index contributed by atoms with van der Waals surface area (Å²) in [6.45, 7) is 6.04. The molecule has 19 heavy (non-hydrogen) atoms. The molecule has 1 atom stereocenters. The van der Waals surface area contributed by atoms with Crippen LogP contribution in [0.4, 0.5) is 0 Å². The molecule has 2 aromatic rings. The van der Waals surface area contributed by atoms with Crippen molar-refractivity contribution in [3.05, 3.63) is 34.1 Å². The van der Waals surface area contributed by atoms with Gasteiger partial charge in [0.2, 0.25) is 0 Å². The molecule has 2 rings (SSSR count). The number of nitrogens with zero attached hydrogens (tertiary/aromatic N) is 2. The van der Waals surface area contributed by atoms with Gasteiger partial charge in [-0.3, -0.25) is 0 Å². The predicted octanol–water partition coefficient (Wildman–Crippen LogP) is 4.09. The summed E-state index contributed by atoms with van der Waals surface area (Å²) in [5.41, 5.74) is 6.54. The summed E-state index contributed by atoms with van der Waals surface area (Å²) in [6, 6.07) is 4.75. The molecule has 0 saturated heterocycles. The maximum atomic E-state index is 6.09. The highest BCUT2D eigenvalue weighted by Crippen LogP contribution is 2.32. The lowest BCUT2D eigenvalue weighted by Gasteiger charge is -2.23. The first-order valence-corrected chi connectivity index (χ1v) is 6.59. The quantitative estimate of drug-likeness (QED) is 0.907. The molecule has 0 aliphatic rings. The van der Waals surface area contributed by atoms with E-state index in [2.05, 4.69) is 10.1 Å². The molecule has 2 N–H and O–H groups in total. The van der Waals surface area contributed by atoms with Gasteiger partial charge in [0.1, 0.15) is 0 Å². The number of nitrogens with two attached hydrogens (primary N) is 1. The lowest BCUT2D eigenvalue weighted by atomic mass is 9.87. The van der Waals surface area contributed by atoms with E-state index in [0.717, 1.165) is 0 Å². The van der Waals surface area contributed by atoms with Crippen LogP contribution in [0.3, 0.4) is 0 Å². The second-order valence-corrected chi connectivity index (χ2v) is 6.27. The van der Waals surface area contributed by atoms with Crippen molar-refractivity contribution < 1.29 is 4.52 Å². The van der Waals surface area contributed by atoms with Crippen LogP contribution < -0.4 is 5.73 Å². The van der Waals surface area contributed by atoms with Crippen LogP contribution in [-0.4, -0.2) is 10.1 Å². The smallest absolute Gasteiger partial charge is 0.259 e. The lowest BCUT2D eigenvalue weighted by molar-refractivity contribution is 0.303. The molecule has 1 heterocycles. The number of aromatic nitrogens is 2. The second kappa shape index (κ2) is 5.12. The molecule has 0 aliphatic heterocycles. The van der Waals surface area contributed by atoms with Crippen LogP contribution in [0.1, 0.15) is 32.6 Å². The summed E-state index contributed by atoms with van der Waals surface area (Å²) < 4.78 is 5.22. The van der Waals surface area contributed by atoms with E-state index < -0.39 is 0 Å². The highest BCUT2D eigenvalue weighted by molar-refractivity contribution is 6.35. The average Bonchev–Trinajstić information content (AvgIpc) is 2.79. The SMILES string of the molecule is CC(C)(C)C(N)c1noc(-c2cc(Cl)ccc2Cl)n1. The fraction of sp³-hybridized carbons (Fsp3) is 0.385. The van der Waals surface area contributed by atoms with Gasteiger partial charge >= 0.3 is 0 Å². The maximum Gasteiger partial charge on any atom is 0.259 e. The normalized spacial score (nSPS) is 13.6. The fourth-order valence-electron chi connectivity index (χ4n) is 1.52. The third-order valence-corrected chi connectivity index (χ3v) is 3.38. The molecule has 0 radical (unpaired) electrons. The highest BCUT2D eigenvalue weighted by Gasteiger charge is 2.27. The van der Waals surface area contributed by atoms with Gasteiger partial charge in [-0.15, -0.1) is 0 Å². The van der Waals surface area contributed by atoms with Gasteiger partial charge in [0.25, 0.3) is 5.89 Å². The molecule has 0 saturated carbocycles. The van der Waals surface area contributed by atoms with Crippen molar-refractivity contribution in [2.24, 2.45) is 11.1 Å². The number of hydrogen-bond acceptors (Lipinski definition) is 4. The van der Waals surface area contributed by atoms with Gasteiger partial charge in [0.15, 0.2) is 5.82 Å². The lowest BCUT2D eigenvalue weighted by Crippen LogP contribution is -2.27. The first-order chi connectivity index (χ1) is 8.79. The molecular formula is C13H15Cl2N3O. The molecule has 1 aromatic carbocycles. The van der Waals surface area contributed by atoms with Gasteiger partial charge in [0, 0.05) is 5.02 Å². The van der Waals surface area contributed by atoms with Crippen molar-refractivity contribution >= 4 is 23.2 Å². The fourth-order valence-corrected chi connectivity index (χ4v) is 1.89. The maximum absolute atomic E-state index is 6.09. The zero-order valence-corrected chi connectivity index (χ0v) is 12.5. The molecule has 0 bridgehead atoms. The topological polar surface area (TPSA) is 64.9 Å². The number of halogens is 2. The molecule has 4 nitrogen and oxygen atoms in total. The summed E-state index contributed by atoms with van der Waals surface area (Å²) in [4.78, 5) is 4.30. The first-order valence-electron chi connectivity index (χ1n) is 5.83. The summed E-state index contributed by atoms with van der Waals surface area (Å²) >= 11 is 12.0. The van der Waals surface area contributed by atoms with Crippen LogP contribution in [0.25, 0.3) is 11.5 Å². The van der Waals surface area contributed by atoms with Crippen LogP contribution >= 0.6 is 23.2 Å². The first kappa shape index (κ1) is 14.3. The van der Waals surface area contributed by atoms with Crippen LogP contribution in [0.5, 0.6) is 0 Å². The van der Waals surface area contributed by atoms with Gasteiger partial charge in [-0.25, -0.2) is 0 Å². The Labute approximate surface area is 121 Å². The molecule has 102 valence electrons. The third-order valence-electron chi connectivity index (χ3n) is 2.81. The molecule has 0 spiro atoms. The molecule has 1 aromatic heterocycles. The van der Waals surface area contributed by atoms with Crippen molar-refractivity contribution in [1.29, 1.82) is 0 Å². The van der Waals surface area contributed by atoms with E-state index in [1.807, 2.05) is 20.8 Å². The Bertz CT molecular complexity index is 590. The van der Waals surface area contributed by atoms with Crippen LogP contribution in [-0.2, 0) is 0 Å². The second-order valence-electron chi connectivity index (χ2n) is 5.43. The summed E-state index contributed by atoms with van der Waals surface area (Å²) in [6.07, 6.45) is 0. The minimum atomic E-state index is -0.317. The van der Waals surface area contributed by atoms with Gasteiger partial charge in [-0.05, 0) is 23.6 Å². The molecule has 6 heteroatoms. The minimum Gasteiger partial charge on any atom is -0.334 e. The summed E-state index contributed by atoms with van der Waals surface area (Å²) in [5, 5.41) is 4.98. The Morgan fingerprint density at radius 1 is 1.26 bits per heavy atom. The standard InChI is InChI=1S/C13H15Cl2N3O/c1-13(2,3)10(16)11-17-12(19-18-11)8-6-7(14)4-5-9(8)15/h4-6,10H,16H2,1-3H3. The third kappa shape index (κ3) is 3.08. The van der Waals surface area contributed by atoms with Crippen LogP contribution in [0, 0.1) is 5.41 Å². The number of benzene rings is 1. The largest absolute Gasteiger partial charge is 0.334 e. The highest BCUT2D eigenvalue weighted by atomic mass is 35.5. The number of rotatable bonds is 2. The Hall–Kier alpha value is -1.10. The Morgan fingerprint density at radius 3 is 2.58 bits per heavy atom. The Morgan fingerprint density at radius 2 is 1.95 bits per heavy atom. The van der Waals surface area contributed by atoms with Crippen LogP contribution in [0.15, 0.2) is 22.7 Å². The molecule has 0 aliphatic carbocycles. The molecular weight excluding hydrogens is 285 g/mol. The van der Waals surface area contributed by atoms with E-state index in [1.165, 1.54) is 0 Å². The van der Waals surface area contributed by atoms with Gasteiger partial charge in [-0.2, -0.15) is 4.98 Å². The zero-order valence-electron chi connectivity index (χ0n) is 10.9. The molecule has 1 unspecified atom stereocenters. The van der Waals surface area contributed by atoms with E-state index in [4.69, 9.17) is 33.5 Å². The van der Waals surface area contributed by atoms with Crippen molar-refractivity contribution in [3.8, 4) is 11.5 Å². The van der Waals surface area contributed by atoms with Crippen molar-refractivity contribution in [2.45, 2.75) is 26.8 Å². The van der Waals surface area contributed by atoms with Gasteiger partial charge < -0.3 is 10.3 Å². The molecule has 0 amide bonds. The summed E-state index contributed by atoms with van der Waals surface area (Å²) in [5.74, 6) is 0.778. The van der Waals surface area contributed by atoms with Crippen LogP contribution in [0.2, 0.25) is 10.0 Å². The Kier molecular flexibility index (Phi) is 3.85. The monoisotopic (exact) mass is 299 g/mol. The van der Waals surface area contributed by atoms with E-state index in [-0.39, 0.29) is 11.5 Å². The van der Waals surface area contributed by atoms with E-state index >= 15 is 0 Å². The zero-order chi connectivity index (χ0) is 14.2. The van der Waals surface area contributed by atoms with Gasteiger partial charge in [-0.1, -0.05) is 49.1 Å². The van der Waals surface area contributed by atoms with Gasteiger partial charge in [0.05, 0.1) is 16.6 Å². The van der Waals surface area contributed by atoms with Crippen molar-refractivity contribution in [2.75, 3.05) is 0 Å². The Balaban J connectivity index is 2.39. The van der Waals surface area contributed by atoms with Crippen molar-refractivity contribution in [1.82, 2.24) is 10.1 Å². The van der Waals surface area contributed by atoms with E-state index in [9.17, 15) is 0 Å². The summed E-state index contributed by atoms with van der Waals surface area (Å²) in [7, 11) is 0. The van der Waals surface area contributed by atoms with E-state index in [1.54, 1.807) is 18.2 Å². The van der Waals surface area contributed by atoms with Crippen molar-refractivity contribution in [3.63, 3.8) is 0 Å². The van der Waals surface area contributed by atoms with E-state index in [0.29, 0.717) is 27.3 Å². The average molecular weight is 300 g/mol. The molecule has 0 fully saturated rings. The minimum absolute atomic E-state index is 0.154.